The van der Waals surface area contributed by atoms with Gasteiger partial charge in [-0.05, 0) is 61.2 Å². The first-order chi connectivity index (χ1) is 14.7. The highest BCUT2D eigenvalue weighted by Crippen LogP contribution is 2.34. The Balaban J connectivity index is 0.00000125. The molecule has 0 saturated heterocycles. The maximum absolute atomic E-state index is 5.73. The van der Waals surface area contributed by atoms with Crippen molar-refractivity contribution < 1.29 is 4.74 Å². The van der Waals surface area contributed by atoms with Gasteiger partial charge in [0, 0.05) is 17.4 Å². The van der Waals surface area contributed by atoms with Gasteiger partial charge >= 0.3 is 0 Å². The van der Waals surface area contributed by atoms with Crippen molar-refractivity contribution in [3.63, 3.8) is 0 Å². The Labute approximate surface area is 195 Å². The maximum atomic E-state index is 5.73. The third-order valence-corrected chi connectivity index (χ3v) is 5.26. The van der Waals surface area contributed by atoms with E-state index in [4.69, 9.17) is 4.74 Å². The van der Waals surface area contributed by atoms with Gasteiger partial charge in [-0.2, -0.15) is 0 Å². The van der Waals surface area contributed by atoms with Crippen molar-refractivity contribution >= 4 is 10.9 Å². The number of benzene rings is 3. The molecule has 0 amide bonds. The molecule has 0 aliphatic carbocycles. The molecule has 0 aliphatic rings. The van der Waals surface area contributed by atoms with Crippen molar-refractivity contribution in [1.82, 2.24) is 4.57 Å². The van der Waals surface area contributed by atoms with Crippen LogP contribution in [0.4, 0.5) is 0 Å². The molecule has 1 heterocycles. The van der Waals surface area contributed by atoms with Gasteiger partial charge in [-0.25, -0.2) is 0 Å². The van der Waals surface area contributed by atoms with Crippen LogP contribution in [0.3, 0.4) is 0 Å². The van der Waals surface area contributed by atoms with Gasteiger partial charge in [-0.3, -0.25) is 0 Å². The van der Waals surface area contributed by atoms with E-state index in [1.165, 1.54) is 38.9 Å². The monoisotopic (exact) mass is 431 g/mol. The second-order valence-corrected chi connectivity index (χ2v) is 7.44. The first kappa shape index (κ1) is 27.0. The normalized spacial score (nSPS) is 9.91. The second kappa shape index (κ2) is 12.8. The van der Waals surface area contributed by atoms with Gasteiger partial charge in [0.2, 0.25) is 0 Å². The van der Waals surface area contributed by atoms with Gasteiger partial charge in [0.25, 0.3) is 0 Å². The largest absolute Gasteiger partial charge is 0.494 e. The van der Waals surface area contributed by atoms with E-state index in [1.54, 1.807) is 0 Å². The predicted octanol–water partition coefficient (Wildman–Crippen LogP) is 9.06. The molecule has 0 unspecified atom stereocenters. The number of aromatic nitrogens is 1. The molecule has 0 atom stereocenters. The van der Waals surface area contributed by atoms with E-state index in [9.17, 15) is 0 Å². The summed E-state index contributed by atoms with van der Waals surface area (Å²) in [6.45, 7) is 12.1. The molecule has 2 heteroatoms. The fourth-order valence-electron chi connectivity index (χ4n) is 3.86. The topological polar surface area (TPSA) is 14.2 Å². The van der Waals surface area contributed by atoms with Crippen molar-refractivity contribution in [3.05, 3.63) is 89.5 Å². The highest BCUT2D eigenvalue weighted by molar-refractivity contribution is 5.92. The van der Waals surface area contributed by atoms with E-state index in [-0.39, 0.29) is 14.9 Å². The lowest BCUT2D eigenvalue weighted by molar-refractivity contribution is 0.317. The lowest BCUT2D eigenvalue weighted by Crippen LogP contribution is -2.02. The molecular weight excluding hydrogens is 390 g/mol. The molecule has 2 nitrogen and oxygen atoms in total. The smallest absolute Gasteiger partial charge is 0.119 e. The van der Waals surface area contributed by atoms with E-state index >= 15 is 0 Å². The van der Waals surface area contributed by atoms with Crippen LogP contribution in [0.15, 0.2) is 72.8 Å². The Morgan fingerprint density at radius 2 is 1.47 bits per heavy atom. The summed E-state index contributed by atoms with van der Waals surface area (Å²) in [4.78, 5) is 0. The van der Waals surface area contributed by atoms with Crippen LogP contribution in [-0.4, -0.2) is 11.2 Å². The molecule has 172 valence electrons. The first-order valence-electron chi connectivity index (χ1n) is 11.0. The second-order valence-electron chi connectivity index (χ2n) is 7.44. The summed E-state index contributed by atoms with van der Waals surface area (Å²) in [5.74, 6) is 0.943. The van der Waals surface area contributed by atoms with E-state index in [0.717, 1.165) is 25.3 Å². The van der Waals surface area contributed by atoms with Gasteiger partial charge < -0.3 is 9.30 Å². The molecular formula is C30H41NO. The van der Waals surface area contributed by atoms with Crippen molar-refractivity contribution in [1.29, 1.82) is 0 Å². The van der Waals surface area contributed by atoms with Crippen LogP contribution in [-0.2, 0) is 6.54 Å². The highest BCUT2D eigenvalue weighted by atomic mass is 16.5. The Kier molecular flexibility index (Phi) is 10.8. The van der Waals surface area contributed by atoms with Crippen molar-refractivity contribution in [2.75, 3.05) is 6.61 Å². The summed E-state index contributed by atoms with van der Waals surface area (Å²) in [6, 6.07) is 26.0. The van der Waals surface area contributed by atoms with E-state index in [2.05, 4.69) is 98.1 Å². The Hall–Kier alpha value is -3.00. The predicted molar refractivity (Wildman–Crippen MR) is 143 cm³/mol. The van der Waals surface area contributed by atoms with E-state index < -0.39 is 0 Å². The highest BCUT2D eigenvalue weighted by Gasteiger charge is 2.16. The van der Waals surface area contributed by atoms with Crippen molar-refractivity contribution in [2.45, 2.75) is 62.4 Å². The van der Waals surface area contributed by atoms with Crippen molar-refractivity contribution in [2.24, 2.45) is 0 Å². The zero-order valence-corrected chi connectivity index (χ0v) is 18.9. The van der Waals surface area contributed by atoms with Gasteiger partial charge in [0.15, 0.2) is 0 Å². The molecule has 0 aliphatic heterocycles. The average Bonchev–Trinajstić information content (AvgIpc) is 3.06. The van der Waals surface area contributed by atoms with Crippen LogP contribution in [0, 0.1) is 13.8 Å². The first-order valence-corrected chi connectivity index (χ1v) is 11.0. The van der Waals surface area contributed by atoms with Crippen molar-refractivity contribution in [3.8, 4) is 17.0 Å². The van der Waals surface area contributed by atoms with Gasteiger partial charge in [-0.1, -0.05) is 89.7 Å². The third kappa shape index (κ3) is 5.82. The Bertz CT molecular complexity index is 1080. The molecule has 4 aromatic rings. The maximum Gasteiger partial charge on any atom is 0.119 e. The van der Waals surface area contributed by atoms with Crippen LogP contribution >= 0.6 is 0 Å². The van der Waals surface area contributed by atoms with Crippen LogP contribution in [0.2, 0.25) is 0 Å². The molecule has 4 rings (SSSR count). The summed E-state index contributed by atoms with van der Waals surface area (Å²) in [5, 5.41) is 1.33. The van der Waals surface area contributed by atoms with Crippen LogP contribution < -0.4 is 4.74 Å². The van der Waals surface area contributed by atoms with E-state index in [0.29, 0.717) is 0 Å². The molecule has 0 fully saturated rings. The quantitative estimate of drug-likeness (QED) is 0.297. The molecule has 0 bridgehead atoms. The minimum Gasteiger partial charge on any atom is -0.494 e. The molecule has 0 radical (unpaired) electrons. The summed E-state index contributed by atoms with van der Waals surface area (Å²) in [5.41, 5.74) is 7.76. The number of fused-ring (bicyclic) bond motifs is 1. The van der Waals surface area contributed by atoms with Crippen LogP contribution in [0.1, 0.15) is 58.7 Å². The summed E-state index contributed by atoms with van der Waals surface area (Å²) in [7, 11) is 0. The zero-order valence-electron chi connectivity index (χ0n) is 18.9. The lowest BCUT2D eigenvalue weighted by Gasteiger charge is -2.13. The minimum atomic E-state index is 0. The molecule has 32 heavy (non-hydrogen) atoms. The van der Waals surface area contributed by atoms with E-state index in [1.807, 2.05) is 13.8 Å². The summed E-state index contributed by atoms with van der Waals surface area (Å²) >= 11 is 0. The van der Waals surface area contributed by atoms with Crippen LogP contribution in [0.25, 0.3) is 22.2 Å². The molecule has 3 aromatic carbocycles. The summed E-state index contributed by atoms with van der Waals surface area (Å²) in [6.07, 6.45) is 1.02. The minimum absolute atomic E-state index is 0. The van der Waals surface area contributed by atoms with Gasteiger partial charge in [0.1, 0.15) is 5.75 Å². The fraction of sp³-hybridized carbons (Fsp3) is 0.333. The number of nitrogens with zero attached hydrogens (tertiary/aromatic N) is 1. The third-order valence-electron chi connectivity index (χ3n) is 5.26. The van der Waals surface area contributed by atoms with Gasteiger partial charge in [-0.15, -0.1) is 0 Å². The fourth-order valence-corrected chi connectivity index (χ4v) is 3.86. The number of ether oxygens (including phenoxy) is 1. The molecule has 1 aromatic heterocycles. The number of aryl methyl sites for hydroxylation is 2. The number of rotatable bonds is 6. The Morgan fingerprint density at radius 3 is 2.09 bits per heavy atom. The molecule has 0 saturated carbocycles. The average molecular weight is 432 g/mol. The Morgan fingerprint density at radius 1 is 0.812 bits per heavy atom. The molecule has 0 N–H and O–H groups in total. The number of hydrogen-bond acceptors (Lipinski definition) is 1. The lowest BCUT2D eigenvalue weighted by atomic mass is 10.1. The molecule has 0 spiro atoms. The summed E-state index contributed by atoms with van der Waals surface area (Å²) < 4.78 is 8.18. The number of hydrogen-bond donors (Lipinski definition) is 0. The van der Waals surface area contributed by atoms with Crippen LogP contribution in [0.5, 0.6) is 5.75 Å². The van der Waals surface area contributed by atoms with Gasteiger partial charge in [0.05, 0.1) is 12.3 Å². The zero-order chi connectivity index (χ0) is 21.5. The standard InChI is InChI=1S/C26H27NO.C2H6.2CH4/c1-4-16-28-23-13-11-21(12-14-23)18-27-25-15-10-19(2)17-24(25)20(3)26(27)22-8-6-5-7-9-22;1-2;;/h5-15,17H,4,16,18H2,1-3H3;1-2H3;2*1H4. The SMILES string of the molecule is C.C.CC.CCCOc1ccc(Cn2c(-c3ccccc3)c(C)c3cc(C)ccc32)cc1.